The van der Waals surface area contributed by atoms with Gasteiger partial charge >= 0.3 is 0 Å². The Morgan fingerprint density at radius 3 is 2.74 bits per heavy atom. The highest BCUT2D eigenvalue weighted by Crippen LogP contribution is 2.48. The lowest BCUT2D eigenvalue weighted by molar-refractivity contribution is -0.117. The Morgan fingerprint density at radius 1 is 1.04 bits per heavy atom. The van der Waals surface area contributed by atoms with Crippen molar-refractivity contribution in [3.8, 4) is 11.1 Å². The molecule has 0 aliphatic heterocycles. The van der Waals surface area contributed by atoms with Crippen molar-refractivity contribution in [1.82, 2.24) is 9.97 Å². The number of aromatic nitrogens is 2. The van der Waals surface area contributed by atoms with Gasteiger partial charge in [-0.15, -0.1) is 0 Å². The first-order valence-electron chi connectivity index (χ1n) is 8.95. The van der Waals surface area contributed by atoms with Crippen molar-refractivity contribution in [2.45, 2.75) is 12.3 Å². The number of rotatable bonds is 4. The third-order valence-electron chi connectivity index (χ3n) is 4.97. The largest absolute Gasteiger partial charge is 0.302 e. The van der Waals surface area contributed by atoms with Gasteiger partial charge in [0.15, 0.2) is 5.13 Å². The van der Waals surface area contributed by atoms with Gasteiger partial charge in [-0.3, -0.25) is 9.78 Å². The molecule has 4 aromatic rings. The number of benzene rings is 2. The maximum absolute atomic E-state index is 12.6. The van der Waals surface area contributed by atoms with Crippen molar-refractivity contribution in [2.24, 2.45) is 5.92 Å². The Balaban J connectivity index is 1.33. The Bertz CT molecular complexity index is 1110. The Labute approximate surface area is 160 Å². The molecule has 0 spiro atoms. The summed E-state index contributed by atoms with van der Waals surface area (Å²) < 4.78 is 1.06. The van der Waals surface area contributed by atoms with Gasteiger partial charge in [-0.25, -0.2) is 4.98 Å². The number of carbonyl (C=O) groups is 1. The smallest absolute Gasteiger partial charge is 0.229 e. The molecule has 1 aliphatic carbocycles. The minimum Gasteiger partial charge on any atom is -0.302 e. The van der Waals surface area contributed by atoms with Gasteiger partial charge in [0.05, 0.1) is 10.2 Å². The summed E-state index contributed by atoms with van der Waals surface area (Å²) in [6.45, 7) is 0. The molecule has 5 rings (SSSR count). The fourth-order valence-corrected chi connectivity index (χ4v) is 4.35. The Kier molecular flexibility index (Phi) is 3.94. The molecule has 4 nitrogen and oxygen atoms in total. The van der Waals surface area contributed by atoms with Gasteiger partial charge < -0.3 is 5.32 Å². The first-order valence-corrected chi connectivity index (χ1v) is 9.76. The standard InChI is InChI=1S/C22H17N3OS/c26-21(18-12-17(18)14-5-2-1-3-6-14)25-22-24-19-9-8-15(11-20(19)27-22)16-7-4-10-23-13-16/h1-11,13,17-18H,12H2,(H,24,25,26)/t17-,18+/m1/s1. The summed E-state index contributed by atoms with van der Waals surface area (Å²) in [7, 11) is 0. The van der Waals surface area contributed by atoms with Crippen molar-refractivity contribution >= 4 is 32.6 Å². The van der Waals surface area contributed by atoms with Crippen molar-refractivity contribution in [2.75, 3.05) is 5.32 Å². The summed E-state index contributed by atoms with van der Waals surface area (Å²) in [6, 6.07) is 20.3. The van der Waals surface area contributed by atoms with E-state index in [9.17, 15) is 4.79 Å². The van der Waals surface area contributed by atoms with Crippen LogP contribution in [-0.2, 0) is 4.79 Å². The lowest BCUT2D eigenvalue weighted by Crippen LogP contribution is -2.14. The van der Waals surface area contributed by atoms with Gasteiger partial charge in [-0.1, -0.05) is 53.8 Å². The minimum absolute atomic E-state index is 0.0466. The molecule has 2 heterocycles. The van der Waals surface area contributed by atoms with Crippen molar-refractivity contribution in [1.29, 1.82) is 0 Å². The summed E-state index contributed by atoms with van der Waals surface area (Å²) in [5, 5.41) is 3.67. The zero-order chi connectivity index (χ0) is 18.2. The van der Waals surface area contributed by atoms with Gasteiger partial charge in [0.2, 0.25) is 5.91 Å². The highest BCUT2D eigenvalue weighted by Gasteiger charge is 2.44. The molecule has 1 aliphatic rings. The molecule has 132 valence electrons. The van der Waals surface area contributed by atoms with Crippen LogP contribution in [0.5, 0.6) is 0 Å². The van der Waals surface area contributed by atoms with Crippen molar-refractivity contribution < 1.29 is 4.79 Å². The molecule has 1 fully saturated rings. The van der Waals surface area contributed by atoms with Crippen LogP contribution in [0, 0.1) is 5.92 Å². The van der Waals surface area contributed by atoms with Gasteiger partial charge in [0, 0.05) is 23.9 Å². The van der Waals surface area contributed by atoms with Crippen LogP contribution in [0.25, 0.3) is 21.3 Å². The number of nitrogens with zero attached hydrogens (tertiary/aromatic N) is 2. The lowest BCUT2D eigenvalue weighted by Gasteiger charge is -2.01. The molecule has 2 atom stereocenters. The fourth-order valence-electron chi connectivity index (χ4n) is 3.44. The average molecular weight is 371 g/mol. The topological polar surface area (TPSA) is 54.9 Å². The van der Waals surface area contributed by atoms with E-state index < -0.39 is 0 Å². The van der Waals surface area contributed by atoms with E-state index >= 15 is 0 Å². The number of nitrogens with one attached hydrogen (secondary N) is 1. The third-order valence-corrected chi connectivity index (χ3v) is 5.90. The molecule has 1 N–H and O–H groups in total. The van der Waals surface area contributed by atoms with E-state index in [0.29, 0.717) is 11.0 Å². The summed E-state index contributed by atoms with van der Waals surface area (Å²) in [6.07, 6.45) is 4.52. The number of fused-ring (bicyclic) bond motifs is 1. The molecule has 1 amide bonds. The molecule has 5 heteroatoms. The lowest BCUT2D eigenvalue weighted by atomic mass is 10.1. The number of thiazole rings is 1. The van der Waals surface area contributed by atoms with Crippen LogP contribution in [0.15, 0.2) is 73.1 Å². The number of amides is 1. The number of carbonyl (C=O) groups excluding carboxylic acids is 1. The molecule has 27 heavy (non-hydrogen) atoms. The predicted octanol–water partition coefficient (Wildman–Crippen LogP) is 5.10. The van der Waals surface area contributed by atoms with Gasteiger partial charge in [-0.05, 0) is 41.7 Å². The predicted molar refractivity (Wildman–Crippen MR) is 109 cm³/mol. The fraction of sp³-hybridized carbons (Fsp3) is 0.136. The van der Waals surface area contributed by atoms with E-state index in [1.165, 1.54) is 16.9 Å². The van der Waals surface area contributed by atoms with E-state index in [-0.39, 0.29) is 11.8 Å². The second kappa shape index (κ2) is 6.59. The molecule has 1 saturated carbocycles. The van der Waals surface area contributed by atoms with Crippen LogP contribution in [-0.4, -0.2) is 15.9 Å². The van der Waals surface area contributed by atoms with E-state index in [4.69, 9.17) is 0 Å². The molecule has 0 unspecified atom stereocenters. The SMILES string of the molecule is O=C(Nc1nc2ccc(-c3cccnc3)cc2s1)[C@H]1C[C@@H]1c1ccccc1. The van der Waals surface area contributed by atoms with E-state index in [1.807, 2.05) is 48.7 Å². The second-order valence-electron chi connectivity index (χ2n) is 6.79. The van der Waals surface area contributed by atoms with Crippen molar-refractivity contribution in [3.63, 3.8) is 0 Å². The van der Waals surface area contributed by atoms with Crippen LogP contribution < -0.4 is 5.32 Å². The van der Waals surface area contributed by atoms with Crippen LogP contribution in [0.3, 0.4) is 0 Å². The first-order chi connectivity index (χ1) is 13.3. The zero-order valence-corrected chi connectivity index (χ0v) is 15.3. The van der Waals surface area contributed by atoms with Crippen LogP contribution in [0.2, 0.25) is 0 Å². The summed E-state index contributed by atoms with van der Waals surface area (Å²) in [4.78, 5) is 21.3. The number of hydrogen-bond donors (Lipinski definition) is 1. The Hall–Kier alpha value is -3.05. The van der Waals surface area contributed by atoms with E-state index in [1.54, 1.807) is 6.20 Å². The molecule has 2 aromatic carbocycles. The molecular weight excluding hydrogens is 354 g/mol. The number of hydrogen-bond acceptors (Lipinski definition) is 4. The highest BCUT2D eigenvalue weighted by molar-refractivity contribution is 7.22. The summed E-state index contributed by atoms with van der Waals surface area (Å²) >= 11 is 1.51. The maximum Gasteiger partial charge on any atom is 0.229 e. The highest BCUT2D eigenvalue weighted by atomic mass is 32.1. The average Bonchev–Trinajstić information content (AvgIpc) is 3.43. The molecular formula is C22H17N3OS. The normalized spacial score (nSPS) is 18.4. The second-order valence-corrected chi connectivity index (χ2v) is 7.82. The molecule has 0 bridgehead atoms. The van der Waals surface area contributed by atoms with Gasteiger partial charge in [-0.2, -0.15) is 0 Å². The number of anilines is 1. The molecule has 0 radical (unpaired) electrons. The summed E-state index contributed by atoms with van der Waals surface area (Å²) in [5.41, 5.74) is 4.31. The zero-order valence-electron chi connectivity index (χ0n) is 14.5. The number of pyridine rings is 1. The van der Waals surface area contributed by atoms with Crippen molar-refractivity contribution in [3.05, 3.63) is 78.6 Å². The van der Waals surface area contributed by atoms with Crippen LogP contribution in [0.4, 0.5) is 5.13 Å². The maximum atomic E-state index is 12.6. The molecule has 2 aromatic heterocycles. The van der Waals surface area contributed by atoms with Crippen LogP contribution >= 0.6 is 11.3 Å². The quantitative estimate of drug-likeness (QED) is 0.543. The molecule has 0 saturated heterocycles. The monoisotopic (exact) mass is 371 g/mol. The third kappa shape index (κ3) is 3.22. The van der Waals surface area contributed by atoms with E-state index in [2.05, 4.69) is 33.5 Å². The van der Waals surface area contributed by atoms with Gasteiger partial charge in [0.1, 0.15) is 0 Å². The van der Waals surface area contributed by atoms with E-state index in [0.717, 1.165) is 27.8 Å². The summed E-state index contributed by atoms with van der Waals surface area (Å²) in [5.74, 6) is 0.443. The van der Waals surface area contributed by atoms with Crippen LogP contribution in [0.1, 0.15) is 17.9 Å². The van der Waals surface area contributed by atoms with Gasteiger partial charge in [0.25, 0.3) is 0 Å². The minimum atomic E-state index is 0.0466. The first kappa shape index (κ1) is 16.1. The Morgan fingerprint density at radius 2 is 1.93 bits per heavy atom.